The van der Waals surface area contributed by atoms with Gasteiger partial charge in [-0.1, -0.05) is 33.4 Å². The fourth-order valence-electron chi connectivity index (χ4n) is 4.32. The van der Waals surface area contributed by atoms with Crippen LogP contribution in [0.3, 0.4) is 0 Å². The lowest BCUT2D eigenvalue weighted by molar-refractivity contribution is 0.0992. The molecule has 1 saturated carbocycles. The molecular formula is C24H28N4O2S. The minimum absolute atomic E-state index is 0.0791. The summed E-state index contributed by atoms with van der Waals surface area (Å²) in [6.45, 7) is 10.9. The van der Waals surface area contributed by atoms with Gasteiger partial charge in [0.15, 0.2) is 5.13 Å². The van der Waals surface area contributed by atoms with E-state index in [0.29, 0.717) is 16.6 Å². The smallest absolute Gasteiger partial charge is 0.268 e. The van der Waals surface area contributed by atoms with Gasteiger partial charge in [0.25, 0.3) is 11.8 Å². The summed E-state index contributed by atoms with van der Waals surface area (Å²) in [5.41, 5.74) is 9.37. The van der Waals surface area contributed by atoms with Crippen LogP contribution >= 0.6 is 11.3 Å². The number of amides is 2. The molecule has 4 rings (SSSR count). The van der Waals surface area contributed by atoms with E-state index in [1.165, 1.54) is 23.1 Å². The number of nitrogens with zero attached hydrogens (tertiary/aromatic N) is 2. The monoisotopic (exact) mass is 436 g/mol. The molecule has 1 fully saturated rings. The molecular weight excluding hydrogens is 408 g/mol. The zero-order valence-corrected chi connectivity index (χ0v) is 19.0. The van der Waals surface area contributed by atoms with Gasteiger partial charge in [-0.25, -0.2) is 4.98 Å². The van der Waals surface area contributed by atoms with Crippen LogP contribution in [0.5, 0.6) is 0 Å². The molecule has 0 radical (unpaired) electrons. The number of hydrogen-bond donors (Lipinski definition) is 2. The van der Waals surface area contributed by atoms with E-state index in [4.69, 9.17) is 5.73 Å². The van der Waals surface area contributed by atoms with E-state index in [1.54, 1.807) is 0 Å². The van der Waals surface area contributed by atoms with Crippen LogP contribution in [0.2, 0.25) is 0 Å². The Labute approximate surface area is 186 Å². The Morgan fingerprint density at radius 2 is 2.06 bits per heavy atom. The molecule has 2 amide bonds. The van der Waals surface area contributed by atoms with Crippen molar-refractivity contribution in [1.29, 1.82) is 0 Å². The van der Waals surface area contributed by atoms with Crippen molar-refractivity contribution in [3.8, 4) is 0 Å². The third-order valence-corrected chi connectivity index (χ3v) is 7.24. The number of nitrogens with two attached hydrogens (primary N) is 1. The first-order valence-electron chi connectivity index (χ1n) is 10.7. The number of aromatic nitrogens is 2. The second kappa shape index (κ2) is 7.96. The van der Waals surface area contributed by atoms with Crippen molar-refractivity contribution in [3.63, 3.8) is 0 Å². The van der Waals surface area contributed by atoms with Crippen molar-refractivity contribution >= 4 is 44.8 Å². The first-order chi connectivity index (χ1) is 14.8. The molecule has 6 nitrogen and oxygen atoms in total. The molecule has 3 aromatic rings. The largest absolute Gasteiger partial charge is 0.364 e. The van der Waals surface area contributed by atoms with Crippen LogP contribution in [0.4, 0.5) is 5.13 Å². The number of hydrogen-bond acceptors (Lipinski definition) is 4. The molecule has 1 aromatic carbocycles. The zero-order valence-electron chi connectivity index (χ0n) is 18.2. The summed E-state index contributed by atoms with van der Waals surface area (Å²) in [5.74, 6) is -0.535. The maximum absolute atomic E-state index is 12.9. The quantitative estimate of drug-likeness (QED) is 0.519. The Balaban J connectivity index is 1.76. The van der Waals surface area contributed by atoms with Gasteiger partial charge in [-0.15, -0.1) is 11.3 Å². The highest BCUT2D eigenvalue weighted by Gasteiger charge is 2.39. The second-order valence-corrected chi connectivity index (χ2v) is 9.46. The Morgan fingerprint density at radius 3 is 2.61 bits per heavy atom. The van der Waals surface area contributed by atoms with Gasteiger partial charge in [-0.2, -0.15) is 0 Å². The van der Waals surface area contributed by atoms with E-state index in [0.717, 1.165) is 41.4 Å². The van der Waals surface area contributed by atoms with Gasteiger partial charge in [0.2, 0.25) is 0 Å². The minimum atomic E-state index is -0.612. The van der Waals surface area contributed by atoms with Crippen LogP contribution in [0.15, 0.2) is 36.2 Å². The molecule has 0 spiro atoms. The van der Waals surface area contributed by atoms with Crippen molar-refractivity contribution in [3.05, 3.63) is 53.2 Å². The van der Waals surface area contributed by atoms with E-state index >= 15 is 0 Å². The number of benzene rings is 1. The van der Waals surface area contributed by atoms with Crippen LogP contribution in [0.25, 0.3) is 16.5 Å². The first kappa shape index (κ1) is 21.3. The first-order valence-corrected chi connectivity index (χ1v) is 11.6. The van der Waals surface area contributed by atoms with Crippen LogP contribution in [-0.4, -0.2) is 21.4 Å². The number of carbonyl (C=O) groups is 2. The second-order valence-electron chi connectivity index (χ2n) is 8.61. The molecule has 0 aliphatic heterocycles. The summed E-state index contributed by atoms with van der Waals surface area (Å²) in [5, 5.41) is 5.78. The standard InChI is InChI=1S/C24H28N4O2S/c1-5-24(9-6-10-24)28-19(15(4)14(2)3)11-16-7-8-17(12-20(16)28)22(30)27-23-26-18(13-31-23)21(25)29/h7-8,11-14H,4-6,9-10H2,1-3H3,(H2,25,29)(H,26,27,30). The zero-order chi connectivity index (χ0) is 22.3. The third-order valence-electron chi connectivity index (χ3n) is 6.49. The number of fused-ring (bicyclic) bond motifs is 1. The minimum Gasteiger partial charge on any atom is -0.364 e. The SMILES string of the molecule is C=C(c1cc2ccc(C(=O)Nc3nc(C(N)=O)cs3)cc2n1C1(CC)CCC1)C(C)C. The van der Waals surface area contributed by atoms with Crippen LogP contribution < -0.4 is 11.1 Å². The van der Waals surface area contributed by atoms with E-state index in [2.05, 4.69) is 48.3 Å². The molecule has 31 heavy (non-hydrogen) atoms. The van der Waals surface area contributed by atoms with Crippen molar-refractivity contribution in [2.45, 2.75) is 52.0 Å². The van der Waals surface area contributed by atoms with Crippen molar-refractivity contribution in [2.24, 2.45) is 11.7 Å². The Hall–Kier alpha value is -2.93. The summed E-state index contributed by atoms with van der Waals surface area (Å²) in [7, 11) is 0. The van der Waals surface area contributed by atoms with Crippen LogP contribution in [-0.2, 0) is 5.54 Å². The molecule has 0 saturated heterocycles. The number of thiazole rings is 1. The van der Waals surface area contributed by atoms with Gasteiger partial charge in [0, 0.05) is 33.1 Å². The van der Waals surface area contributed by atoms with Crippen LogP contribution in [0.1, 0.15) is 73.0 Å². The fraction of sp³-hybridized carbons (Fsp3) is 0.375. The molecule has 162 valence electrons. The Morgan fingerprint density at radius 1 is 1.32 bits per heavy atom. The summed E-state index contributed by atoms with van der Waals surface area (Å²) in [4.78, 5) is 28.2. The molecule has 1 aliphatic rings. The van der Waals surface area contributed by atoms with Gasteiger partial charge < -0.3 is 10.3 Å². The van der Waals surface area contributed by atoms with E-state index in [-0.39, 0.29) is 17.1 Å². The lowest BCUT2D eigenvalue weighted by atomic mass is 9.74. The predicted octanol–water partition coefficient (Wildman–Crippen LogP) is 5.41. The maximum Gasteiger partial charge on any atom is 0.268 e. The molecule has 0 atom stereocenters. The molecule has 0 unspecified atom stereocenters. The van der Waals surface area contributed by atoms with Crippen molar-refractivity contribution in [1.82, 2.24) is 9.55 Å². The maximum atomic E-state index is 12.9. The number of primary amides is 1. The topological polar surface area (TPSA) is 90.0 Å². The fourth-order valence-corrected chi connectivity index (χ4v) is 5.01. The lowest BCUT2D eigenvalue weighted by Crippen LogP contribution is -2.40. The normalized spacial score (nSPS) is 15.1. The van der Waals surface area contributed by atoms with Gasteiger partial charge in [-0.3, -0.25) is 14.9 Å². The average Bonchev–Trinajstić information content (AvgIpc) is 3.32. The molecule has 3 N–H and O–H groups in total. The molecule has 0 bridgehead atoms. The van der Waals surface area contributed by atoms with Crippen molar-refractivity contribution in [2.75, 3.05) is 5.32 Å². The third kappa shape index (κ3) is 3.67. The Bertz CT molecular complexity index is 1180. The average molecular weight is 437 g/mol. The highest BCUT2D eigenvalue weighted by Crippen LogP contribution is 2.47. The van der Waals surface area contributed by atoms with Gasteiger partial charge in [-0.05, 0) is 55.4 Å². The van der Waals surface area contributed by atoms with Gasteiger partial charge >= 0.3 is 0 Å². The number of nitrogens with one attached hydrogen (secondary N) is 1. The van der Waals surface area contributed by atoms with Gasteiger partial charge in [0.05, 0.1) is 0 Å². The number of anilines is 1. The highest BCUT2D eigenvalue weighted by atomic mass is 32.1. The number of carbonyl (C=O) groups excluding carboxylic acids is 2. The van der Waals surface area contributed by atoms with Crippen LogP contribution in [0, 0.1) is 5.92 Å². The Kier molecular flexibility index (Phi) is 5.47. The van der Waals surface area contributed by atoms with Crippen molar-refractivity contribution < 1.29 is 9.59 Å². The predicted molar refractivity (Wildman–Crippen MR) is 127 cm³/mol. The van der Waals surface area contributed by atoms with E-state index in [9.17, 15) is 9.59 Å². The van der Waals surface area contributed by atoms with E-state index in [1.807, 2.05) is 18.2 Å². The summed E-state index contributed by atoms with van der Waals surface area (Å²) in [6, 6.07) is 7.98. The molecule has 1 aliphatic carbocycles. The number of allylic oxidation sites excluding steroid dienone is 1. The number of rotatable bonds is 7. The summed E-state index contributed by atoms with van der Waals surface area (Å²) >= 11 is 1.18. The molecule has 2 aromatic heterocycles. The van der Waals surface area contributed by atoms with Gasteiger partial charge in [0.1, 0.15) is 5.69 Å². The van der Waals surface area contributed by atoms with E-state index < -0.39 is 5.91 Å². The summed E-state index contributed by atoms with van der Waals surface area (Å²) < 4.78 is 2.43. The highest BCUT2D eigenvalue weighted by molar-refractivity contribution is 7.14. The summed E-state index contributed by atoms with van der Waals surface area (Å²) in [6.07, 6.45) is 4.53. The molecule has 7 heteroatoms. The molecule has 2 heterocycles. The lowest BCUT2D eigenvalue weighted by Gasteiger charge is -2.45.